The molecule has 0 saturated carbocycles. The molecule has 1 aliphatic rings. The van der Waals surface area contributed by atoms with Crippen LogP contribution in [0.3, 0.4) is 0 Å². The van der Waals surface area contributed by atoms with Crippen LogP contribution in [0.25, 0.3) is 0 Å². The van der Waals surface area contributed by atoms with Gasteiger partial charge >= 0.3 is 0 Å². The first-order chi connectivity index (χ1) is 9.81. The van der Waals surface area contributed by atoms with Crippen molar-refractivity contribution in [1.29, 1.82) is 0 Å². The first kappa shape index (κ1) is 17.9. The van der Waals surface area contributed by atoms with Gasteiger partial charge in [0.15, 0.2) is 0 Å². The number of carbonyl (C=O) groups is 2. The van der Waals surface area contributed by atoms with E-state index < -0.39 is 0 Å². The largest absolute Gasteiger partial charge is 0.372 e. The van der Waals surface area contributed by atoms with Crippen molar-refractivity contribution < 1.29 is 14.3 Å². The topological polar surface area (TPSA) is 61.9 Å². The third-order valence-corrected chi connectivity index (χ3v) is 3.40. The average Bonchev–Trinajstić information content (AvgIpc) is 2.35. The van der Waals surface area contributed by atoms with Crippen molar-refractivity contribution in [2.75, 3.05) is 32.7 Å². The third-order valence-electron chi connectivity index (χ3n) is 3.40. The Bertz CT molecular complexity index is 350. The smallest absolute Gasteiger partial charge is 0.236 e. The van der Waals surface area contributed by atoms with Crippen molar-refractivity contribution in [2.24, 2.45) is 0 Å². The minimum Gasteiger partial charge on any atom is -0.372 e. The van der Waals surface area contributed by atoms with Crippen molar-refractivity contribution in [2.45, 2.75) is 52.9 Å². The van der Waals surface area contributed by atoms with Crippen molar-refractivity contribution in [3.63, 3.8) is 0 Å². The number of morpholine rings is 1. The van der Waals surface area contributed by atoms with E-state index in [4.69, 9.17) is 4.74 Å². The van der Waals surface area contributed by atoms with E-state index in [0.717, 1.165) is 0 Å². The maximum Gasteiger partial charge on any atom is 0.236 e. The fourth-order valence-corrected chi connectivity index (χ4v) is 2.52. The lowest BCUT2D eigenvalue weighted by molar-refractivity contribution is -0.144. The summed E-state index contributed by atoms with van der Waals surface area (Å²) in [7, 11) is 0. The average molecular weight is 299 g/mol. The van der Waals surface area contributed by atoms with Crippen LogP contribution < -0.4 is 5.32 Å². The van der Waals surface area contributed by atoms with Crippen molar-refractivity contribution in [3.05, 3.63) is 0 Å². The lowest BCUT2D eigenvalue weighted by atomic mass is 10.2. The van der Waals surface area contributed by atoms with Gasteiger partial charge < -0.3 is 15.0 Å². The van der Waals surface area contributed by atoms with Gasteiger partial charge in [-0.25, -0.2) is 0 Å². The second-order valence-corrected chi connectivity index (χ2v) is 6.08. The van der Waals surface area contributed by atoms with Crippen LogP contribution in [0, 0.1) is 0 Å². The van der Waals surface area contributed by atoms with Crippen LogP contribution in [0.5, 0.6) is 0 Å². The van der Waals surface area contributed by atoms with Gasteiger partial charge in [-0.05, 0) is 34.2 Å². The number of carbonyl (C=O) groups excluding carboxylic acids is 2. The monoisotopic (exact) mass is 299 g/mol. The van der Waals surface area contributed by atoms with E-state index in [0.29, 0.717) is 19.6 Å². The van der Waals surface area contributed by atoms with Crippen molar-refractivity contribution in [1.82, 2.24) is 15.1 Å². The molecule has 1 heterocycles. The summed E-state index contributed by atoms with van der Waals surface area (Å²) < 4.78 is 5.63. The van der Waals surface area contributed by atoms with Gasteiger partial charge in [0.05, 0.1) is 25.3 Å². The molecule has 0 aromatic carbocycles. The third kappa shape index (κ3) is 6.44. The summed E-state index contributed by atoms with van der Waals surface area (Å²) in [4.78, 5) is 27.8. The first-order valence-corrected chi connectivity index (χ1v) is 7.76. The molecule has 2 amide bonds. The first-order valence-electron chi connectivity index (χ1n) is 7.76. The minimum atomic E-state index is -0.0386. The Kier molecular flexibility index (Phi) is 7.11. The molecular formula is C15H29N3O3. The molecule has 1 N–H and O–H groups in total. The summed E-state index contributed by atoms with van der Waals surface area (Å²) in [6.07, 6.45) is 0.133. The number of nitrogens with zero attached hydrogens (tertiary/aromatic N) is 2. The van der Waals surface area contributed by atoms with E-state index in [1.165, 1.54) is 0 Å². The lowest BCUT2D eigenvalue weighted by Gasteiger charge is -2.36. The summed E-state index contributed by atoms with van der Waals surface area (Å²) in [5.41, 5.74) is 0. The van der Waals surface area contributed by atoms with Crippen LogP contribution in [0.2, 0.25) is 0 Å². The second-order valence-electron chi connectivity index (χ2n) is 6.08. The van der Waals surface area contributed by atoms with E-state index >= 15 is 0 Å². The number of hydrogen-bond donors (Lipinski definition) is 1. The second kappa shape index (κ2) is 8.34. The number of hydrogen-bond acceptors (Lipinski definition) is 4. The zero-order valence-electron chi connectivity index (χ0n) is 13.9. The number of likely N-dealkylation sites (N-methyl/N-ethyl adjacent to an activating group) is 1. The fourth-order valence-electron chi connectivity index (χ4n) is 2.52. The highest BCUT2D eigenvalue weighted by Gasteiger charge is 2.26. The number of rotatable bonds is 6. The Morgan fingerprint density at radius 1 is 1.24 bits per heavy atom. The van der Waals surface area contributed by atoms with Gasteiger partial charge in [-0.2, -0.15) is 0 Å². The predicted molar refractivity (Wildman–Crippen MR) is 82.0 cm³/mol. The quantitative estimate of drug-likeness (QED) is 0.774. The van der Waals surface area contributed by atoms with E-state index in [2.05, 4.69) is 5.32 Å². The maximum absolute atomic E-state index is 12.4. The summed E-state index contributed by atoms with van der Waals surface area (Å²) >= 11 is 0. The Morgan fingerprint density at radius 2 is 1.81 bits per heavy atom. The lowest BCUT2D eigenvalue weighted by Crippen LogP contribution is -2.52. The summed E-state index contributed by atoms with van der Waals surface area (Å²) in [6, 6.07) is 0.118. The molecule has 21 heavy (non-hydrogen) atoms. The highest BCUT2D eigenvalue weighted by Crippen LogP contribution is 2.11. The van der Waals surface area contributed by atoms with Crippen LogP contribution in [0.1, 0.15) is 34.6 Å². The molecule has 0 bridgehead atoms. The molecule has 6 heteroatoms. The van der Waals surface area contributed by atoms with Crippen molar-refractivity contribution >= 4 is 11.8 Å². The Labute approximate surface area is 127 Å². The van der Waals surface area contributed by atoms with Gasteiger partial charge in [0.2, 0.25) is 11.8 Å². The Balaban J connectivity index is 2.48. The normalized spacial score (nSPS) is 22.7. The van der Waals surface area contributed by atoms with Gasteiger partial charge in [0, 0.05) is 19.1 Å². The number of amides is 2. The highest BCUT2D eigenvalue weighted by atomic mass is 16.5. The summed E-state index contributed by atoms with van der Waals surface area (Å²) in [5.74, 6) is 0.0274. The Morgan fingerprint density at radius 3 is 2.29 bits per heavy atom. The van der Waals surface area contributed by atoms with Crippen LogP contribution in [0.4, 0.5) is 0 Å². The van der Waals surface area contributed by atoms with E-state index in [1.807, 2.05) is 44.4 Å². The standard InChI is InChI=1S/C15H29N3O3/c1-6-17(9-14(19)16-11(2)3)10-15(20)18-7-12(4)21-13(5)8-18/h11-13H,6-10H2,1-5H3,(H,16,19). The molecule has 0 aliphatic carbocycles. The number of nitrogens with one attached hydrogen (secondary N) is 1. The zero-order chi connectivity index (χ0) is 16.0. The molecule has 0 radical (unpaired) electrons. The van der Waals surface area contributed by atoms with Gasteiger partial charge in [-0.1, -0.05) is 6.92 Å². The van der Waals surface area contributed by atoms with Gasteiger partial charge in [0.1, 0.15) is 0 Å². The summed E-state index contributed by atoms with van der Waals surface area (Å²) in [5, 5.41) is 2.85. The predicted octanol–water partition coefficient (Wildman–Crippen LogP) is 0.469. The molecule has 2 atom stereocenters. The van der Waals surface area contributed by atoms with Gasteiger partial charge in [0.25, 0.3) is 0 Å². The highest BCUT2D eigenvalue weighted by molar-refractivity contribution is 5.81. The molecule has 0 aromatic heterocycles. The van der Waals surface area contributed by atoms with Crippen molar-refractivity contribution in [3.8, 4) is 0 Å². The van der Waals surface area contributed by atoms with Crippen LogP contribution in [-0.2, 0) is 14.3 Å². The molecule has 6 nitrogen and oxygen atoms in total. The van der Waals surface area contributed by atoms with Crippen LogP contribution in [0.15, 0.2) is 0 Å². The van der Waals surface area contributed by atoms with Gasteiger partial charge in [-0.15, -0.1) is 0 Å². The molecule has 0 aromatic rings. The number of ether oxygens (including phenoxy) is 1. The maximum atomic E-state index is 12.4. The molecule has 2 unspecified atom stereocenters. The Hall–Kier alpha value is -1.14. The van der Waals surface area contributed by atoms with E-state index in [1.54, 1.807) is 0 Å². The molecular weight excluding hydrogens is 270 g/mol. The zero-order valence-corrected chi connectivity index (χ0v) is 13.9. The molecule has 1 rings (SSSR count). The molecule has 1 saturated heterocycles. The molecule has 0 spiro atoms. The van der Waals surface area contributed by atoms with Crippen LogP contribution in [-0.4, -0.2) is 72.6 Å². The molecule has 1 aliphatic heterocycles. The van der Waals surface area contributed by atoms with E-state index in [9.17, 15) is 9.59 Å². The SMILES string of the molecule is CCN(CC(=O)NC(C)C)CC(=O)N1CC(C)OC(C)C1. The molecule has 122 valence electrons. The van der Waals surface area contributed by atoms with E-state index in [-0.39, 0.29) is 43.2 Å². The minimum absolute atomic E-state index is 0.0386. The molecule has 1 fully saturated rings. The fraction of sp³-hybridized carbons (Fsp3) is 0.867. The van der Waals surface area contributed by atoms with Crippen LogP contribution >= 0.6 is 0 Å². The summed E-state index contributed by atoms with van der Waals surface area (Å²) in [6.45, 7) is 12.2. The van der Waals surface area contributed by atoms with Gasteiger partial charge in [-0.3, -0.25) is 14.5 Å².